The van der Waals surface area contributed by atoms with Crippen LogP contribution in [0.1, 0.15) is 6.92 Å². The first kappa shape index (κ1) is 21.0. The van der Waals surface area contributed by atoms with E-state index in [-0.39, 0.29) is 4.90 Å². The summed E-state index contributed by atoms with van der Waals surface area (Å²) in [6, 6.07) is 12.8. The fraction of sp³-hybridized carbons (Fsp3) is 0.143. The predicted octanol–water partition coefficient (Wildman–Crippen LogP) is 3.61. The Morgan fingerprint density at radius 1 is 1.16 bits per heavy atom. The zero-order valence-electron chi connectivity index (χ0n) is 16.7. The number of benzene rings is 2. The minimum atomic E-state index is -3.86. The van der Waals surface area contributed by atoms with E-state index in [1.165, 1.54) is 37.5 Å². The molecular weight excluding hydrogens is 436 g/mol. The van der Waals surface area contributed by atoms with E-state index in [9.17, 15) is 13.2 Å². The smallest absolute Gasteiger partial charge is 0.244 e. The number of methoxy groups -OCH3 is 1. The number of thiazole rings is 1. The van der Waals surface area contributed by atoms with E-state index in [0.717, 1.165) is 22.2 Å². The van der Waals surface area contributed by atoms with E-state index < -0.39 is 22.0 Å². The van der Waals surface area contributed by atoms with E-state index in [1.807, 2.05) is 35.8 Å². The molecule has 4 aromatic rings. The van der Waals surface area contributed by atoms with Crippen molar-refractivity contribution in [3.05, 3.63) is 60.1 Å². The zero-order valence-corrected chi connectivity index (χ0v) is 18.4. The summed E-state index contributed by atoms with van der Waals surface area (Å²) < 4.78 is 32.5. The summed E-state index contributed by atoms with van der Waals surface area (Å²) in [6.07, 6.45) is 1.87. The average molecular weight is 457 g/mol. The van der Waals surface area contributed by atoms with Crippen LogP contribution < -0.4 is 14.8 Å². The highest BCUT2D eigenvalue weighted by molar-refractivity contribution is 7.89. The number of nitrogens with zero attached hydrogens (tertiary/aromatic N) is 1. The van der Waals surface area contributed by atoms with Crippen LogP contribution in [0.4, 0.5) is 5.13 Å². The van der Waals surface area contributed by atoms with E-state index in [2.05, 4.69) is 20.0 Å². The van der Waals surface area contributed by atoms with Gasteiger partial charge in [-0.1, -0.05) is 18.2 Å². The molecule has 2 heterocycles. The molecule has 0 saturated heterocycles. The van der Waals surface area contributed by atoms with Crippen molar-refractivity contribution in [3.8, 4) is 17.0 Å². The maximum atomic E-state index is 12.5. The van der Waals surface area contributed by atoms with Gasteiger partial charge in [0.1, 0.15) is 5.75 Å². The van der Waals surface area contributed by atoms with Crippen LogP contribution in [0.5, 0.6) is 5.75 Å². The lowest BCUT2D eigenvalue weighted by Crippen LogP contribution is -2.41. The third-order valence-corrected chi connectivity index (χ3v) is 7.01. The van der Waals surface area contributed by atoms with Gasteiger partial charge < -0.3 is 15.0 Å². The standard InChI is InChI=1S/C21H20N4O4S2/c1-13(25-31(27,28)15-9-7-14(29-2)8-10-15)20(26)24-21-23-19(12-30-21)17-11-22-18-6-4-3-5-16(17)18/h3-13,22,25H,1-2H3,(H,23,24,26)/t13-/m0/s1. The van der Waals surface area contributed by atoms with Gasteiger partial charge in [0.15, 0.2) is 5.13 Å². The van der Waals surface area contributed by atoms with Crippen molar-refractivity contribution >= 4 is 43.3 Å². The SMILES string of the molecule is COc1ccc(S(=O)(=O)N[C@@H](C)C(=O)Nc2nc(-c3c[nH]c4ccccc34)cs2)cc1. The van der Waals surface area contributed by atoms with Gasteiger partial charge in [-0.05, 0) is 37.3 Å². The van der Waals surface area contributed by atoms with E-state index in [0.29, 0.717) is 10.9 Å². The molecule has 0 fully saturated rings. The summed E-state index contributed by atoms with van der Waals surface area (Å²) in [5.41, 5.74) is 2.66. The highest BCUT2D eigenvalue weighted by Gasteiger charge is 2.23. The molecule has 1 amide bonds. The Balaban J connectivity index is 1.44. The molecule has 2 aromatic carbocycles. The summed E-state index contributed by atoms with van der Waals surface area (Å²) >= 11 is 1.27. The quantitative estimate of drug-likeness (QED) is 0.393. The third-order valence-electron chi connectivity index (χ3n) is 4.69. The number of carbonyl (C=O) groups is 1. The van der Waals surface area contributed by atoms with Crippen LogP contribution in [-0.2, 0) is 14.8 Å². The highest BCUT2D eigenvalue weighted by Crippen LogP contribution is 2.31. The molecule has 1 atom stereocenters. The fourth-order valence-corrected chi connectivity index (χ4v) is 4.98. The summed E-state index contributed by atoms with van der Waals surface area (Å²) in [6.45, 7) is 1.48. The highest BCUT2D eigenvalue weighted by atomic mass is 32.2. The Kier molecular flexibility index (Phi) is 5.77. The Bertz CT molecular complexity index is 1330. The Labute approximate surface area is 183 Å². The Morgan fingerprint density at radius 3 is 2.65 bits per heavy atom. The summed E-state index contributed by atoms with van der Waals surface area (Å²) in [7, 11) is -2.37. The first-order valence-electron chi connectivity index (χ1n) is 9.36. The van der Waals surface area contributed by atoms with Crippen molar-refractivity contribution < 1.29 is 17.9 Å². The Hall–Kier alpha value is -3.21. The maximum Gasteiger partial charge on any atom is 0.244 e. The van der Waals surface area contributed by atoms with Crippen LogP contribution in [0, 0.1) is 0 Å². The molecule has 160 valence electrons. The molecule has 0 spiro atoms. The van der Waals surface area contributed by atoms with Crippen molar-refractivity contribution in [3.63, 3.8) is 0 Å². The summed E-state index contributed by atoms with van der Waals surface area (Å²) in [5, 5.41) is 5.94. The molecule has 10 heteroatoms. The molecule has 0 radical (unpaired) electrons. The number of ether oxygens (including phenoxy) is 1. The van der Waals surface area contributed by atoms with Crippen molar-refractivity contribution in [2.45, 2.75) is 17.9 Å². The number of aromatic nitrogens is 2. The van der Waals surface area contributed by atoms with Crippen molar-refractivity contribution in [2.24, 2.45) is 0 Å². The van der Waals surface area contributed by atoms with Crippen LogP contribution >= 0.6 is 11.3 Å². The lowest BCUT2D eigenvalue weighted by molar-refractivity contribution is -0.117. The normalized spacial score (nSPS) is 12.6. The Morgan fingerprint density at radius 2 is 1.90 bits per heavy atom. The lowest BCUT2D eigenvalue weighted by atomic mass is 10.1. The van der Waals surface area contributed by atoms with Gasteiger partial charge in [-0.25, -0.2) is 13.4 Å². The second-order valence-corrected chi connectivity index (χ2v) is 9.37. The molecule has 8 nitrogen and oxygen atoms in total. The number of nitrogens with one attached hydrogen (secondary N) is 3. The van der Waals surface area contributed by atoms with Crippen LogP contribution in [-0.4, -0.2) is 37.4 Å². The third kappa shape index (κ3) is 4.46. The number of amides is 1. The predicted molar refractivity (Wildman–Crippen MR) is 121 cm³/mol. The van der Waals surface area contributed by atoms with Crippen molar-refractivity contribution in [1.82, 2.24) is 14.7 Å². The number of sulfonamides is 1. The van der Waals surface area contributed by atoms with Gasteiger partial charge in [-0.2, -0.15) is 4.72 Å². The molecular formula is C21H20N4O4S2. The van der Waals surface area contributed by atoms with Crippen molar-refractivity contribution in [2.75, 3.05) is 12.4 Å². The van der Waals surface area contributed by atoms with Crippen LogP contribution in [0.25, 0.3) is 22.2 Å². The molecule has 31 heavy (non-hydrogen) atoms. The van der Waals surface area contributed by atoms with Gasteiger partial charge in [0.05, 0.1) is 23.7 Å². The minimum Gasteiger partial charge on any atom is -0.497 e. The maximum absolute atomic E-state index is 12.5. The van der Waals surface area contributed by atoms with Gasteiger partial charge in [0, 0.05) is 28.0 Å². The first-order chi connectivity index (χ1) is 14.9. The second kappa shape index (κ2) is 8.50. The molecule has 0 aliphatic rings. The summed E-state index contributed by atoms with van der Waals surface area (Å²) in [4.78, 5) is 20.2. The number of H-pyrrole nitrogens is 1. The number of aromatic amines is 1. The molecule has 0 aliphatic carbocycles. The van der Waals surface area contributed by atoms with Crippen molar-refractivity contribution in [1.29, 1.82) is 0 Å². The molecule has 4 rings (SSSR count). The molecule has 2 aromatic heterocycles. The minimum absolute atomic E-state index is 0.0452. The van der Waals surface area contributed by atoms with Crippen LogP contribution in [0.15, 0.2) is 65.0 Å². The van der Waals surface area contributed by atoms with Crippen LogP contribution in [0.3, 0.4) is 0 Å². The number of anilines is 1. The van der Waals surface area contributed by atoms with Gasteiger partial charge in [0.25, 0.3) is 0 Å². The number of hydrogen-bond acceptors (Lipinski definition) is 6. The summed E-state index contributed by atoms with van der Waals surface area (Å²) in [5.74, 6) is 0.0384. The lowest BCUT2D eigenvalue weighted by Gasteiger charge is -2.13. The molecule has 3 N–H and O–H groups in total. The van der Waals surface area contributed by atoms with Gasteiger partial charge in [0.2, 0.25) is 15.9 Å². The average Bonchev–Trinajstić information content (AvgIpc) is 3.40. The monoisotopic (exact) mass is 456 g/mol. The first-order valence-corrected chi connectivity index (χ1v) is 11.7. The number of rotatable bonds is 7. The van der Waals surface area contributed by atoms with E-state index in [4.69, 9.17) is 4.74 Å². The van der Waals surface area contributed by atoms with E-state index >= 15 is 0 Å². The van der Waals surface area contributed by atoms with Gasteiger partial charge in [-0.15, -0.1) is 11.3 Å². The molecule has 0 unspecified atom stereocenters. The number of fused-ring (bicyclic) bond motifs is 1. The molecule has 0 aliphatic heterocycles. The molecule has 0 bridgehead atoms. The number of carbonyl (C=O) groups excluding carboxylic acids is 1. The van der Waals surface area contributed by atoms with Gasteiger partial charge >= 0.3 is 0 Å². The second-order valence-electron chi connectivity index (χ2n) is 6.79. The largest absolute Gasteiger partial charge is 0.497 e. The van der Waals surface area contributed by atoms with E-state index in [1.54, 1.807) is 12.1 Å². The van der Waals surface area contributed by atoms with Gasteiger partial charge in [-0.3, -0.25) is 4.79 Å². The number of para-hydroxylation sites is 1. The fourth-order valence-electron chi connectivity index (χ4n) is 3.06. The van der Waals surface area contributed by atoms with Crippen LogP contribution in [0.2, 0.25) is 0 Å². The topological polar surface area (TPSA) is 113 Å². The zero-order chi connectivity index (χ0) is 22.0. The molecule has 0 saturated carbocycles. The number of hydrogen-bond donors (Lipinski definition) is 3.